The zero-order chi connectivity index (χ0) is 12.9. The Kier molecular flexibility index (Phi) is 5.58. The first-order chi connectivity index (χ1) is 7.88. The molecule has 1 heterocycles. The molecule has 17 heavy (non-hydrogen) atoms. The van der Waals surface area contributed by atoms with Gasteiger partial charge in [-0.2, -0.15) is 13.2 Å². The Morgan fingerprint density at radius 1 is 1.41 bits per heavy atom. The average molecular weight is 270 g/mol. The lowest BCUT2D eigenvalue weighted by Crippen LogP contribution is -2.37. The highest BCUT2D eigenvalue weighted by Gasteiger charge is 2.31. The zero-order valence-corrected chi connectivity index (χ0v) is 10.5. The van der Waals surface area contributed by atoms with Crippen molar-refractivity contribution >= 4 is 17.7 Å². The number of amides is 1. The Labute approximate surface area is 103 Å². The van der Waals surface area contributed by atoms with Gasteiger partial charge in [-0.15, -0.1) is 11.8 Å². The third kappa shape index (κ3) is 6.16. The second-order valence-corrected chi connectivity index (χ2v) is 5.41. The molecule has 1 saturated heterocycles. The van der Waals surface area contributed by atoms with Gasteiger partial charge in [0.05, 0.1) is 5.75 Å². The van der Waals surface area contributed by atoms with Gasteiger partial charge < -0.3 is 10.2 Å². The lowest BCUT2D eigenvalue weighted by atomic mass is 10.2. The van der Waals surface area contributed by atoms with Gasteiger partial charge in [0.15, 0.2) is 0 Å². The predicted molar refractivity (Wildman–Crippen MR) is 62.0 cm³/mol. The molecule has 0 aliphatic carbocycles. The van der Waals surface area contributed by atoms with Crippen molar-refractivity contribution in [2.45, 2.75) is 24.3 Å². The van der Waals surface area contributed by atoms with E-state index in [1.807, 2.05) is 0 Å². The Morgan fingerprint density at radius 3 is 2.53 bits per heavy atom. The van der Waals surface area contributed by atoms with Crippen molar-refractivity contribution in [3.8, 4) is 0 Å². The SMILES string of the molecule is CN(CC(F)(F)F)C(=O)CSC1CCNCC1. The Hall–Kier alpha value is -0.430. The number of alkyl halides is 3. The number of halogens is 3. The molecule has 0 spiro atoms. The van der Waals surface area contributed by atoms with Crippen LogP contribution in [0.15, 0.2) is 0 Å². The summed E-state index contributed by atoms with van der Waals surface area (Å²) < 4.78 is 36.2. The molecule has 0 unspecified atom stereocenters. The molecule has 3 nitrogen and oxygen atoms in total. The number of nitrogens with one attached hydrogen (secondary N) is 1. The third-order valence-corrected chi connectivity index (χ3v) is 3.93. The first-order valence-electron chi connectivity index (χ1n) is 5.51. The van der Waals surface area contributed by atoms with E-state index in [2.05, 4.69) is 5.32 Å². The molecule has 1 aliphatic rings. The highest BCUT2D eigenvalue weighted by Crippen LogP contribution is 2.21. The average Bonchev–Trinajstić information content (AvgIpc) is 2.25. The van der Waals surface area contributed by atoms with E-state index in [1.54, 1.807) is 0 Å². The van der Waals surface area contributed by atoms with Crippen LogP contribution in [-0.4, -0.2) is 54.7 Å². The smallest absolute Gasteiger partial charge is 0.336 e. The molecule has 0 aromatic carbocycles. The fourth-order valence-electron chi connectivity index (χ4n) is 1.62. The van der Waals surface area contributed by atoms with Crippen molar-refractivity contribution in [1.29, 1.82) is 0 Å². The van der Waals surface area contributed by atoms with E-state index >= 15 is 0 Å². The maximum Gasteiger partial charge on any atom is 0.406 e. The van der Waals surface area contributed by atoms with Crippen molar-refractivity contribution in [2.75, 3.05) is 32.4 Å². The lowest BCUT2D eigenvalue weighted by Gasteiger charge is -2.23. The van der Waals surface area contributed by atoms with Crippen molar-refractivity contribution in [3.05, 3.63) is 0 Å². The summed E-state index contributed by atoms with van der Waals surface area (Å²) in [5, 5.41) is 3.59. The van der Waals surface area contributed by atoms with Gasteiger partial charge in [0.25, 0.3) is 0 Å². The first-order valence-corrected chi connectivity index (χ1v) is 6.56. The summed E-state index contributed by atoms with van der Waals surface area (Å²) in [7, 11) is 1.19. The van der Waals surface area contributed by atoms with Crippen LogP contribution in [0.25, 0.3) is 0 Å². The number of carbonyl (C=O) groups excluding carboxylic acids is 1. The summed E-state index contributed by atoms with van der Waals surface area (Å²) in [5.41, 5.74) is 0. The fourth-order valence-corrected chi connectivity index (χ4v) is 2.79. The zero-order valence-electron chi connectivity index (χ0n) is 9.72. The van der Waals surface area contributed by atoms with Gasteiger partial charge in [-0.25, -0.2) is 0 Å². The van der Waals surface area contributed by atoms with E-state index in [0.717, 1.165) is 30.8 Å². The van der Waals surface area contributed by atoms with Crippen LogP contribution in [0.4, 0.5) is 13.2 Å². The van der Waals surface area contributed by atoms with Crippen LogP contribution in [0.2, 0.25) is 0 Å². The van der Waals surface area contributed by atoms with E-state index in [0.29, 0.717) is 5.25 Å². The predicted octanol–water partition coefficient (Wildman–Crippen LogP) is 1.49. The Bertz CT molecular complexity index is 254. The topological polar surface area (TPSA) is 32.3 Å². The summed E-state index contributed by atoms with van der Waals surface area (Å²) >= 11 is 1.46. The summed E-state index contributed by atoms with van der Waals surface area (Å²) in [4.78, 5) is 12.2. The van der Waals surface area contributed by atoms with E-state index < -0.39 is 18.6 Å². The highest BCUT2D eigenvalue weighted by atomic mass is 32.2. The van der Waals surface area contributed by atoms with Crippen LogP contribution in [0, 0.1) is 0 Å². The molecule has 0 atom stereocenters. The van der Waals surface area contributed by atoms with Crippen molar-refractivity contribution in [2.24, 2.45) is 0 Å². The molecule has 1 N–H and O–H groups in total. The number of hydrogen-bond acceptors (Lipinski definition) is 3. The lowest BCUT2D eigenvalue weighted by molar-refractivity contribution is -0.156. The number of carbonyl (C=O) groups is 1. The van der Waals surface area contributed by atoms with Gasteiger partial charge in [0, 0.05) is 12.3 Å². The number of rotatable bonds is 4. The highest BCUT2D eigenvalue weighted by molar-refractivity contribution is 8.00. The quantitative estimate of drug-likeness (QED) is 0.840. The van der Waals surface area contributed by atoms with Gasteiger partial charge in [-0.05, 0) is 25.9 Å². The van der Waals surface area contributed by atoms with Crippen LogP contribution in [0.5, 0.6) is 0 Å². The first kappa shape index (κ1) is 14.6. The van der Waals surface area contributed by atoms with E-state index in [4.69, 9.17) is 0 Å². The monoisotopic (exact) mass is 270 g/mol. The van der Waals surface area contributed by atoms with E-state index in [9.17, 15) is 18.0 Å². The van der Waals surface area contributed by atoms with Gasteiger partial charge in [-0.1, -0.05) is 0 Å². The van der Waals surface area contributed by atoms with Crippen LogP contribution in [0.3, 0.4) is 0 Å². The van der Waals surface area contributed by atoms with Crippen LogP contribution < -0.4 is 5.32 Å². The standard InChI is InChI=1S/C10H17F3N2OS/c1-15(7-10(11,12)13)9(16)6-17-8-2-4-14-5-3-8/h8,14H,2-7H2,1H3. The number of nitrogens with zero attached hydrogens (tertiary/aromatic N) is 1. The largest absolute Gasteiger partial charge is 0.406 e. The summed E-state index contributed by atoms with van der Waals surface area (Å²) in [5.74, 6) is -0.317. The minimum atomic E-state index is -4.32. The molecular weight excluding hydrogens is 253 g/mol. The molecule has 0 radical (unpaired) electrons. The van der Waals surface area contributed by atoms with E-state index in [1.165, 1.54) is 18.8 Å². The fraction of sp³-hybridized carbons (Fsp3) is 0.900. The number of thioether (sulfide) groups is 1. The molecule has 7 heteroatoms. The van der Waals surface area contributed by atoms with E-state index in [-0.39, 0.29) is 5.75 Å². The molecule has 1 amide bonds. The molecule has 1 fully saturated rings. The van der Waals surface area contributed by atoms with Crippen molar-refractivity contribution in [3.63, 3.8) is 0 Å². The van der Waals surface area contributed by atoms with Gasteiger partial charge in [0.2, 0.25) is 5.91 Å². The Morgan fingerprint density at radius 2 is 2.00 bits per heavy atom. The normalized spacial score (nSPS) is 18.1. The molecular formula is C10H17F3N2OS. The summed E-state index contributed by atoms with van der Waals surface area (Å²) in [6.45, 7) is 0.674. The minimum absolute atomic E-state index is 0.136. The summed E-state index contributed by atoms with van der Waals surface area (Å²) in [6, 6.07) is 0. The Balaban J connectivity index is 2.23. The van der Waals surface area contributed by atoms with Gasteiger partial charge >= 0.3 is 6.18 Å². The molecule has 1 aliphatic heterocycles. The maximum atomic E-state index is 12.1. The van der Waals surface area contributed by atoms with Gasteiger partial charge in [0.1, 0.15) is 6.54 Å². The van der Waals surface area contributed by atoms with Gasteiger partial charge in [-0.3, -0.25) is 4.79 Å². The molecule has 100 valence electrons. The third-order valence-electron chi connectivity index (χ3n) is 2.57. The second kappa shape index (κ2) is 6.49. The van der Waals surface area contributed by atoms with Crippen molar-refractivity contribution < 1.29 is 18.0 Å². The minimum Gasteiger partial charge on any atom is -0.336 e. The van der Waals surface area contributed by atoms with Crippen LogP contribution in [-0.2, 0) is 4.79 Å². The van der Waals surface area contributed by atoms with Crippen LogP contribution >= 0.6 is 11.8 Å². The number of hydrogen-bond donors (Lipinski definition) is 1. The maximum absolute atomic E-state index is 12.1. The van der Waals surface area contributed by atoms with Crippen molar-refractivity contribution in [1.82, 2.24) is 10.2 Å². The second-order valence-electron chi connectivity index (χ2n) is 4.13. The molecule has 0 bridgehead atoms. The molecule has 0 saturated carbocycles. The molecule has 1 rings (SSSR count). The number of piperidine rings is 1. The molecule has 0 aromatic rings. The van der Waals surface area contributed by atoms with Crippen LogP contribution in [0.1, 0.15) is 12.8 Å². The summed E-state index contributed by atoms with van der Waals surface area (Å²) in [6.07, 6.45) is -2.37. The molecule has 0 aromatic heterocycles.